The van der Waals surface area contributed by atoms with Crippen LogP contribution in [0.25, 0.3) is 22.4 Å². The average Bonchev–Trinajstić information content (AvgIpc) is 2.78. The molecule has 0 spiro atoms. The van der Waals surface area contributed by atoms with E-state index in [2.05, 4.69) is 4.98 Å². The zero-order valence-corrected chi connectivity index (χ0v) is 22.9. The summed E-state index contributed by atoms with van der Waals surface area (Å²) < 4.78 is 54.0. The second kappa shape index (κ2) is 10.9. The molecule has 0 saturated carbocycles. The van der Waals surface area contributed by atoms with Gasteiger partial charge in [-0.05, 0) is 74.6 Å². The van der Waals surface area contributed by atoms with E-state index in [1.165, 1.54) is 10.6 Å². The fourth-order valence-corrected chi connectivity index (χ4v) is 5.01. The standard InChI is InChI=1S/C24H21F3N2O3S.C4H10O/c1-13-4-6-15(7-5-13)19-9-20-22-16(8-17(11-28-22)24(25,26)27)12-29(33(3)32)23(20)14(2)18(19)10-21(30)31;1-4(2,3)5/h4-9,11H,10,12H2,1-3H3,(H,30,31);5H,1-3H3. The summed E-state index contributed by atoms with van der Waals surface area (Å²) in [5.74, 6) is -1.01. The molecule has 1 unspecified atom stereocenters. The molecule has 6 nitrogen and oxygen atoms in total. The predicted molar refractivity (Wildman–Crippen MR) is 143 cm³/mol. The van der Waals surface area contributed by atoms with Gasteiger partial charge in [0.05, 0.1) is 35.5 Å². The van der Waals surface area contributed by atoms with Crippen molar-refractivity contribution in [1.82, 2.24) is 4.98 Å². The molecule has 0 bridgehead atoms. The summed E-state index contributed by atoms with van der Waals surface area (Å²) in [6.45, 7) is 8.89. The van der Waals surface area contributed by atoms with Crippen molar-refractivity contribution in [3.63, 3.8) is 0 Å². The van der Waals surface area contributed by atoms with Crippen molar-refractivity contribution in [2.24, 2.45) is 0 Å². The average molecular weight is 549 g/mol. The van der Waals surface area contributed by atoms with Crippen LogP contribution in [0.3, 0.4) is 0 Å². The lowest BCUT2D eigenvalue weighted by Crippen LogP contribution is -2.30. The number of benzene rings is 2. The Morgan fingerprint density at radius 3 is 2.16 bits per heavy atom. The van der Waals surface area contributed by atoms with Crippen molar-refractivity contribution in [1.29, 1.82) is 0 Å². The third-order valence-corrected chi connectivity index (χ3v) is 6.72. The van der Waals surface area contributed by atoms with E-state index >= 15 is 0 Å². The van der Waals surface area contributed by atoms with E-state index in [9.17, 15) is 27.3 Å². The van der Waals surface area contributed by atoms with E-state index in [0.29, 0.717) is 39.2 Å². The molecule has 2 N–H and O–H groups in total. The zero-order valence-electron chi connectivity index (χ0n) is 22.1. The summed E-state index contributed by atoms with van der Waals surface area (Å²) in [7, 11) is -1.56. The molecule has 0 amide bonds. The molecule has 1 aromatic heterocycles. The molecule has 2 heterocycles. The molecule has 3 aromatic rings. The van der Waals surface area contributed by atoms with Crippen molar-refractivity contribution < 1.29 is 32.4 Å². The molecule has 10 heteroatoms. The van der Waals surface area contributed by atoms with E-state index < -0.39 is 34.3 Å². The summed E-state index contributed by atoms with van der Waals surface area (Å²) in [5.41, 5.74) is 4.03. The van der Waals surface area contributed by atoms with Crippen LogP contribution in [-0.2, 0) is 34.9 Å². The Hall–Kier alpha value is -3.24. The number of carboxylic acids is 1. The Labute approximate surface area is 222 Å². The van der Waals surface area contributed by atoms with Gasteiger partial charge in [-0.2, -0.15) is 13.2 Å². The van der Waals surface area contributed by atoms with Crippen LogP contribution in [-0.4, -0.2) is 37.2 Å². The lowest BCUT2D eigenvalue weighted by atomic mass is 9.86. The van der Waals surface area contributed by atoms with Gasteiger partial charge in [0.2, 0.25) is 0 Å². The first-order valence-electron chi connectivity index (χ1n) is 11.8. The molecular formula is C28H31F3N2O4S. The number of carboxylic acid groups (broad SMARTS) is 1. The number of hydrogen-bond donors (Lipinski definition) is 2. The van der Waals surface area contributed by atoms with Gasteiger partial charge in [-0.15, -0.1) is 0 Å². The SMILES string of the molecule is CC(C)(C)O.Cc1ccc(-c2cc3c(c(C)c2CC(=O)O)N(S(C)=O)Cc2cc(C(F)(F)F)cnc2-3)cc1. The molecule has 0 radical (unpaired) electrons. The summed E-state index contributed by atoms with van der Waals surface area (Å²) in [4.78, 5) is 15.8. The first kappa shape index (κ1) is 29.3. The van der Waals surface area contributed by atoms with Crippen LogP contribution in [0.2, 0.25) is 0 Å². The van der Waals surface area contributed by atoms with Gasteiger partial charge in [-0.1, -0.05) is 29.8 Å². The van der Waals surface area contributed by atoms with Crippen LogP contribution in [0, 0.1) is 13.8 Å². The number of aryl methyl sites for hydroxylation is 1. The number of aliphatic hydroxyl groups is 1. The van der Waals surface area contributed by atoms with Gasteiger partial charge in [-0.25, -0.2) is 4.21 Å². The van der Waals surface area contributed by atoms with Gasteiger partial charge >= 0.3 is 12.1 Å². The highest BCUT2D eigenvalue weighted by Gasteiger charge is 2.35. The molecule has 4 rings (SSSR count). The maximum Gasteiger partial charge on any atom is 0.417 e. The first-order valence-corrected chi connectivity index (χ1v) is 13.3. The normalized spacial score (nSPS) is 13.7. The van der Waals surface area contributed by atoms with Gasteiger partial charge in [-0.3, -0.25) is 14.1 Å². The minimum atomic E-state index is -4.55. The number of rotatable bonds is 4. The van der Waals surface area contributed by atoms with E-state index in [0.717, 1.165) is 23.4 Å². The number of pyridine rings is 1. The van der Waals surface area contributed by atoms with Crippen LogP contribution >= 0.6 is 0 Å². The number of alkyl halides is 3. The zero-order chi connectivity index (χ0) is 28.6. The van der Waals surface area contributed by atoms with Crippen LogP contribution in [0.1, 0.15) is 48.6 Å². The molecule has 38 heavy (non-hydrogen) atoms. The van der Waals surface area contributed by atoms with Crippen LogP contribution < -0.4 is 4.31 Å². The molecule has 1 aliphatic rings. The molecule has 1 atom stereocenters. The van der Waals surface area contributed by atoms with Crippen molar-refractivity contribution >= 4 is 22.6 Å². The number of hydrogen-bond acceptors (Lipinski definition) is 4. The third kappa shape index (κ3) is 6.79. The highest BCUT2D eigenvalue weighted by molar-refractivity contribution is 7.85. The second-order valence-corrected chi connectivity index (χ2v) is 11.5. The fraction of sp³-hybridized carbons (Fsp3) is 0.357. The summed E-state index contributed by atoms with van der Waals surface area (Å²) in [5, 5.41) is 18.1. The van der Waals surface area contributed by atoms with Crippen molar-refractivity contribution in [2.75, 3.05) is 10.6 Å². The molecule has 0 saturated heterocycles. The maximum atomic E-state index is 13.3. The lowest BCUT2D eigenvalue weighted by molar-refractivity contribution is -0.138. The Morgan fingerprint density at radius 1 is 1.08 bits per heavy atom. The van der Waals surface area contributed by atoms with Crippen molar-refractivity contribution in [3.05, 3.63) is 70.4 Å². The van der Waals surface area contributed by atoms with E-state index in [1.807, 2.05) is 31.2 Å². The highest BCUT2D eigenvalue weighted by Crippen LogP contribution is 2.46. The molecule has 0 fully saturated rings. The van der Waals surface area contributed by atoms with Crippen LogP contribution in [0.15, 0.2) is 42.6 Å². The minimum Gasteiger partial charge on any atom is -0.481 e. The largest absolute Gasteiger partial charge is 0.481 e. The quantitative estimate of drug-likeness (QED) is 0.413. The first-order chi connectivity index (χ1) is 17.5. The van der Waals surface area contributed by atoms with E-state index in [1.54, 1.807) is 33.8 Å². The number of nitrogens with zero attached hydrogens (tertiary/aromatic N) is 2. The second-order valence-electron chi connectivity index (χ2n) is 10.2. The minimum absolute atomic E-state index is 0.0282. The number of fused-ring (bicyclic) bond motifs is 3. The molecule has 2 aromatic carbocycles. The van der Waals surface area contributed by atoms with E-state index in [4.69, 9.17) is 5.11 Å². The van der Waals surface area contributed by atoms with Crippen LogP contribution in [0.4, 0.5) is 18.9 Å². The number of halogens is 3. The Balaban J connectivity index is 0.000000732. The van der Waals surface area contributed by atoms with E-state index in [-0.39, 0.29) is 13.0 Å². The summed E-state index contributed by atoms with van der Waals surface area (Å²) >= 11 is 0. The third-order valence-electron chi connectivity index (χ3n) is 5.79. The predicted octanol–water partition coefficient (Wildman–Crippen LogP) is 6.07. The van der Waals surface area contributed by atoms with Gasteiger partial charge in [0.25, 0.3) is 0 Å². The monoisotopic (exact) mass is 548 g/mol. The van der Waals surface area contributed by atoms with Crippen molar-refractivity contribution in [2.45, 2.75) is 59.4 Å². The summed E-state index contributed by atoms with van der Waals surface area (Å²) in [6, 6.07) is 10.4. The molecular weight excluding hydrogens is 517 g/mol. The smallest absolute Gasteiger partial charge is 0.417 e. The fourth-order valence-electron chi connectivity index (χ4n) is 4.20. The highest BCUT2D eigenvalue weighted by atomic mass is 32.2. The van der Waals surface area contributed by atoms with Gasteiger partial charge in [0.15, 0.2) is 0 Å². The lowest BCUT2D eigenvalue weighted by Gasteiger charge is -2.33. The summed E-state index contributed by atoms with van der Waals surface area (Å²) in [6.07, 6.45) is -2.56. The topological polar surface area (TPSA) is 90.7 Å². The number of aromatic nitrogens is 1. The van der Waals surface area contributed by atoms with Gasteiger partial charge < -0.3 is 10.2 Å². The molecule has 204 valence electrons. The van der Waals surface area contributed by atoms with Crippen LogP contribution in [0.5, 0.6) is 0 Å². The molecule has 0 aliphatic carbocycles. The van der Waals surface area contributed by atoms with Gasteiger partial charge in [0.1, 0.15) is 11.0 Å². The van der Waals surface area contributed by atoms with Crippen molar-refractivity contribution in [3.8, 4) is 22.4 Å². The number of anilines is 1. The Morgan fingerprint density at radius 2 is 1.66 bits per heavy atom. The molecule has 1 aliphatic heterocycles. The number of carbonyl (C=O) groups is 1. The maximum absolute atomic E-state index is 13.3. The number of aliphatic carboxylic acids is 1. The Bertz CT molecular complexity index is 1370. The Kier molecular flexibility index (Phi) is 8.38. The van der Waals surface area contributed by atoms with Gasteiger partial charge in [0, 0.05) is 18.0 Å².